The summed E-state index contributed by atoms with van der Waals surface area (Å²) in [7, 11) is 0. The van der Waals surface area contributed by atoms with Gasteiger partial charge in [-0.25, -0.2) is 4.79 Å². The number of pyridine rings is 1. The lowest BCUT2D eigenvalue weighted by atomic mass is 10.1. The zero-order valence-corrected chi connectivity index (χ0v) is 12.7. The van der Waals surface area contributed by atoms with E-state index < -0.39 is 0 Å². The van der Waals surface area contributed by atoms with Crippen LogP contribution in [-0.4, -0.2) is 17.7 Å². The van der Waals surface area contributed by atoms with Gasteiger partial charge in [0.25, 0.3) is 0 Å². The normalized spacial score (nSPS) is 10.0. The second-order valence-corrected chi connectivity index (χ2v) is 4.90. The number of nitrogens with one attached hydrogen (secondary N) is 2. The third-order valence-corrected chi connectivity index (χ3v) is 3.14. The summed E-state index contributed by atoms with van der Waals surface area (Å²) < 4.78 is 5.48. The van der Waals surface area contributed by atoms with Crippen LogP contribution in [0.4, 0.5) is 4.79 Å². The van der Waals surface area contributed by atoms with E-state index in [2.05, 4.69) is 22.5 Å². The van der Waals surface area contributed by atoms with Crippen LogP contribution in [0.25, 0.3) is 0 Å². The van der Waals surface area contributed by atoms with Crippen LogP contribution in [0.15, 0.2) is 48.8 Å². The Balaban J connectivity index is 1.66. The van der Waals surface area contributed by atoms with Gasteiger partial charge >= 0.3 is 6.03 Å². The van der Waals surface area contributed by atoms with Gasteiger partial charge in [-0.1, -0.05) is 25.5 Å². The van der Waals surface area contributed by atoms with E-state index in [1.54, 1.807) is 12.4 Å². The van der Waals surface area contributed by atoms with E-state index in [1.807, 2.05) is 36.4 Å². The summed E-state index contributed by atoms with van der Waals surface area (Å²) in [5.41, 5.74) is 2.29. The van der Waals surface area contributed by atoms with Crippen LogP contribution in [0.3, 0.4) is 0 Å². The Morgan fingerprint density at radius 2 is 1.77 bits per heavy atom. The molecule has 1 heterocycles. The fourth-order valence-electron chi connectivity index (χ4n) is 1.97. The van der Waals surface area contributed by atoms with Crippen LogP contribution in [0, 0.1) is 0 Å². The van der Waals surface area contributed by atoms with Crippen molar-refractivity contribution < 1.29 is 9.53 Å². The molecule has 5 nitrogen and oxygen atoms in total. The first kappa shape index (κ1) is 15.8. The molecule has 5 heteroatoms. The molecule has 2 N–H and O–H groups in total. The van der Waals surface area contributed by atoms with Crippen molar-refractivity contribution in [2.75, 3.05) is 6.73 Å². The maximum Gasteiger partial charge on any atom is 0.317 e. The number of aromatic nitrogens is 1. The minimum absolute atomic E-state index is 0.134. The largest absolute Gasteiger partial charge is 0.473 e. The van der Waals surface area contributed by atoms with E-state index in [0.717, 1.165) is 24.2 Å². The molecule has 0 radical (unpaired) electrons. The zero-order chi connectivity index (χ0) is 15.6. The summed E-state index contributed by atoms with van der Waals surface area (Å²) in [5.74, 6) is 0.745. The Morgan fingerprint density at radius 1 is 1.05 bits per heavy atom. The van der Waals surface area contributed by atoms with Crippen molar-refractivity contribution in [3.8, 4) is 5.75 Å². The summed E-state index contributed by atoms with van der Waals surface area (Å²) in [6.45, 7) is 2.74. The topological polar surface area (TPSA) is 63.2 Å². The number of nitrogens with zero attached hydrogens (tertiary/aromatic N) is 1. The van der Waals surface area contributed by atoms with Gasteiger partial charge in [-0.3, -0.25) is 4.98 Å². The fraction of sp³-hybridized carbons (Fsp3) is 0.294. The maximum atomic E-state index is 11.6. The SMILES string of the molecule is CCCc1ccc(OCNC(=O)NCc2ccncc2)cc1. The maximum absolute atomic E-state index is 11.6. The van der Waals surface area contributed by atoms with E-state index in [-0.39, 0.29) is 12.8 Å². The lowest BCUT2D eigenvalue weighted by Crippen LogP contribution is -2.37. The number of hydrogen-bond donors (Lipinski definition) is 2. The summed E-state index contributed by atoms with van der Waals surface area (Å²) >= 11 is 0. The van der Waals surface area contributed by atoms with Gasteiger partial charge in [0.15, 0.2) is 6.73 Å². The molecule has 0 saturated carbocycles. The van der Waals surface area contributed by atoms with Crippen molar-refractivity contribution in [2.24, 2.45) is 0 Å². The van der Waals surface area contributed by atoms with Gasteiger partial charge in [0.2, 0.25) is 0 Å². The molecule has 1 aromatic carbocycles. The number of ether oxygens (including phenoxy) is 1. The third kappa shape index (κ3) is 5.44. The fourth-order valence-corrected chi connectivity index (χ4v) is 1.97. The van der Waals surface area contributed by atoms with Crippen molar-refractivity contribution in [1.29, 1.82) is 0 Å². The molecule has 0 aliphatic carbocycles. The molecule has 22 heavy (non-hydrogen) atoms. The Kier molecular flexibility index (Phi) is 6.23. The second kappa shape index (κ2) is 8.67. The number of amides is 2. The van der Waals surface area contributed by atoms with Crippen LogP contribution in [0.1, 0.15) is 24.5 Å². The van der Waals surface area contributed by atoms with Gasteiger partial charge < -0.3 is 15.4 Å². The van der Waals surface area contributed by atoms with Gasteiger partial charge in [0.1, 0.15) is 5.75 Å². The Morgan fingerprint density at radius 3 is 2.45 bits per heavy atom. The standard InChI is InChI=1S/C17H21N3O2/c1-2-3-14-4-6-16(7-5-14)22-13-20-17(21)19-12-15-8-10-18-11-9-15/h4-11H,2-3,12-13H2,1H3,(H2,19,20,21). The Labute approximate surface area is 130 Å². The Bertz CT molecular complexity index is 570. The van der Waals surface area contributed by atoms with Crippen LogP contribution >= 0.6 is 0 Å². The van der Waals surface area contributed by atoms with Crippen molar-refractivity contribution in [1.82, 2.24) is 15.6 Å². The molecular formula is C17H21N3O2. The summed E-state index contributed by atoms with van der Waals surface area (Å²) in [4.78, 5) is 15.6. The van der Waals surface area contributed by atoms with E-state index in [9.17, 15) is 4.79 Å². The van der Waals surface area contributed by atoms with Crippen LogP contribution in [0.5, 0.6) is 5.75 Å². The number of rotatable bonds is 7. The first-order chi connectivity index (χ1) is 10.8. The van der Waals surface area contributed by atoms with Crippen molar-refractivity contribution in [3.63, 3.8) is 0 Å². The van der Waals surface area contributed by atoms with Crippen LogP contribution < -0.4 is 15.4 Å². The van der Waals surface area contributed by atoms with Crippen molar-refractivity contribution in [3.05, 3.63) is 59.9 Å². The molecule has 1 aromatic heterocycles. The molecule has 116 valence electrons. The van der Waals surface area contributed by atoms with Crippen LogP contribution in [-0.2, 0) is 13.0 Å². The van der Waals surface area contributed by atoms with Gasteiger partial charge in [0.05, 0.1) is 0 Å². The lowest BCUT2D eigenvalue weighted by molar-refractivity contribution is 0.223. The smallest absolute Gasteiger partial charge is 0.317 e. The first-order valence-corrected chi connectivity index (χ1v) is 7.40. The van der Waals surface area contributed by atoms with E-state index in [4.69, 9.17) is 4.74 Å². The highest BCUT2D eigenvalue weighted by Gasteiger charge is 2.00. The number of urea groups is 1. The van der Waals surface area contributed by atoms with Crippen molar-refractivity contribution >= 4 is 6.03 Å². The van der Waals surface area contributed by atoms with E-state index >= 15 is 0 Å². The molecular weight excluding hydrogens is 278 g/mol. The molecule has 0 unspecified atom stereocenters. The predicted molar refractivity (Wildman–Crippen MR) is 85.5 cm³/mol. The summed E-state index contributed by atoms with van der Waals surface area (Å²) in [5, 5.41) is 5.41. The molecule has 2 amide bonds. The molecule has 0 atom stereocenters. The van der Waals surface area contributed by atoms with E-state index in [0.29, 0.717) is 6.54 Å². The van der Waals surface area contributed by atoms with Gasteiger partial charge in [-0.15, -0.1) is 0 Å². The quantitative estimate of drug-likeness (QED) is 0.773. The minimum atomic E-state index is -0.264. The highest BCUT2D eigenvalue weighted by atomic mass is 16.5. The number of carbonyl (C=O) groups excluding carboxylic acids is 1. The number of benzene rings is 1. The first-order valence-electron chi connectivity index (χ1n) is 7.40. The summed E-state index contributed by atoms with van der Waals surface area (Å²) in [6.07, 6.45) is 5.58. The molecule has 2 rings (SSSR count). The average Bonchev–Trinajstić information content (AvgIpc) is 2.56. The molecule has 0 aliphatic heterocycles. The third-order valence-electron chi connectivity index (χ3n) is 3.14. The lowest BCUT2D eigenvalue weighted by Gasteiger charge is -2.10. The number of aryl methyl sites for hydroxylation is 1. The average molecular weight is 299 g/mol. The molecule has 0 bridgehead atoms. The highest BCUT2D eigenvalue weighted by Crippen LogP contribution is 2.12. The molecule has 0 aliphatic rings. The minimum Gasteiger partial charge on any atom is -0.473 e. The monoisotopic (exact) mass is 299 g/mol. The molecule has 0 saturated heterocycles. The molecule has 2 aromatic rings. The van der Waals surface area contributed by atoms with Crippen LogP contribution in [0.2, 0.25) is 0 Å². The second-order valence-electron chi connectivity index (χ2n) is 4.90. The number of hydrogen-bond acceptors (Lipinski definition) is 3. The van der Waals surface area contributed by atoms with Gasteiger partial charge in [0, 0.05) is 18.9 Å². The zero-order valence-electron chi connectivity index (χ0n) is 12.7. The predicted octanol–water partition coefficient (Wildman–Crippen LogP) is 2.87. The number of carbonyl (C=O) groups is 1. The van der Waals surface area contributed by atoms with Crippen molar-refractivity contribution in [2.45, 2.75) is 26.3 Å². The Hall–Kier alpha value is -2.56. The van der Waals surface area contributed by atoms with E-state index in [1.165, 1.54) is 5.56 Å². The highest BCUT2D eigenvalue weighted by molar-refractivity contribution is 5.73. The molecule has 0 spiro atoms. The van der Waals surface area contributed by atoms with Gasteiger partial charge in [-0.05, 0) is 41.8 Å². The van der Waals surface area contributed by atoms with Gasteiger partial charge in [-0.2, -0.15) is 0 Å². The molecule has 0 fully saturated rings. The summed E-state index contributed by atoms with van der Waals surface area (Å²) in [6, 6.07) is 11.4.